The molecule has 0 aliphatic carbocycles. The molecule has 0 heterocycles. The molecule has 0 radical (unpaired) electrons. The molecule has 0 fully saturated rings. The van der Waals surface area contributed by atoms with E-state index in [1.54, 1.807) is 31.2 Å². The lowest BCUT2D eigenvalue weighted by Crippen LogP contribution is -2.33. The van der Waals surface area contributed by atoms with E-state index >= 15 is 0 Å². The van der Waals surface area contributed by atoms with Crippen molar-refractivity contribution in [3.8, 4) is 5.75 Å². The normalized spacial score (nSPS) is 12.2. The highest BCUT2D eigenvalue weighted by molar-refractivity contribution is 6.04. The van der Waals surface area contributed by atoms with Gasteiger partial charge >= 0.3 is 0 Å². The Kier molecular flexibility index (Phi) is 7.18. The van der Waals surface area contributed by atoms with E-state index in [4.69, 9.17) is 10.5 Å². The summed E-state index contributed by atoms with van der Waals surface area (Å²) in [5.74, 6) is 0.0112. The predicted molar refractivity (Wildman–Crippen MR) is 112 cm³/mol. The summed E-state index contributed by atoms with van der Waals surface area (Å²) >= 11 is 0. The molecule has 0 spiro atoms. The topological polar surface area (TPSA) is 93.4 Å². The fraction of sp³-hybridized carbons (Fsp3) is 0.364. The summed E-state index contributed by atoms with van der Waals surface area (Å²) in [5, 5.41) is 5.48. The van der Waals surface area contributed by atoms with Gasteiger partial charge in [0.05, 0.1) is 11.3 Å². The van der Waals surface area contributed by atoms with Crippen LogP contribution in [0.1, 0.15) is 43.6 Å². The van der Waals surface area contributed by atoms with Gasteiger partial charge in [-0.05, 0) is 42.2 Å². The van der Waals surface area contributed by atoms with Crippen LogP contribution in [0.25, 0.3) is 0 Å². The van der Waals surface area contributed by atoms with Crippen LogP contribution < -0.4 is 21.1 Å². The number of hydrogen-bond donors (Lipinski definition) is 3. The van der Waals surface area contributed by atoms with Gasteiger partial charge in [0.25, 0.3) is 11.8 Å². The molecule has 6 heteroatoms. The molecule has 0 aliphatic heterocycles. The Morgan fingerprint density at radius 2 is 1.82 bits per heavy atom. The van der Waals surface area contributed by atoms with Crippen LogP contribution in [0.3, 0.4) is 0 Å². The number of carbonyl (C=O) groups excluding carboxylic acids is 2. The van der Waals surface area contributed by atoms with E-state index < -0.39 is 6.10 Å². The first-order chi connectivity index (χ1) is 13.2. The van der Waals surface area contributed by atoms with E-state index in [9.17, 15) is 9.59 Å². The number of rotatable bonds is 7. The average molecular weight is 383 g/mol. The van der Waals surface area contributed by atoms with Gasteiger partial charge in [-0.3, -0.25) is 9.59 Å². The van der Waals surface area contributed by atoms with Gasteiger partial charge in [0.15, 0.2) is 6.10 Å². The molecule has 2 rings (SSSR count). The van der Waals surface area contributed by atoms with Gasteiger partial charge in [0.1, 0.15) is 5.75 Å². The smallest absolute Gasteiger partial charge is 0.265 e. The molecule has 2 amide bonds. The second-order valence-electron chi connectivity index (χ2n) is 7.62. The molecule has 0 bridgehead atoms. The van der Waals surface area contributed by atoms with Crippen molar-refractivity contribution in [2.24, 2.45) is 5.73 Å². The van der Waals surface area contributed by atoms with Crippen LogP contribution in [-0.4, -0.2) is 31.0 Å². The van der Waals surface area contributed by atoms with Crippen LogP contribution >= 0.6 is 0 Å². The van der Waals surface area contributed by atoms with Gasteiger partial charge in [-0.25, -0.2) is 0 Å². The van der Waals surface area contributed by atoms with Gasteiger partial charge < -0.3 is 21.1 Å². The third-order valence-corrected chi connectivity index (χ3v) is 4.24. The SMILES string of the molecule is CC(Oc1cccc(C(C)(C)C)c1)C(=O)Nc1ccccc1C(=O)NCCN. The Balaban J connectivity index is 2.08. The van der Waals surface area contributed by atoms with Crippen molar-refractivity contribution in [3.05, 3.63) is 59.7 Å². The molecule has 0 aliphatic rings. The third kappa shape index (κ3) is 5.82. The minimum absolute atomic E-state index is 0.0132. The maximum absolute atomic E-state index is 12.6. The zero-order valence-corrected chi connectivity index (χ0v) is 16.9. The van der Waals surface area contributed by atoms with Crippen LogP contribution in [0.5, 0.6) is 5.75 Å². The number of carbonyl (C=O) groups is 2. The van der Waals surface area contributed by atoms with Crippen molar-refractivity contribution in [2.75, 3.05) is 18.4 Å². The number of hydrogen-bond acceptors (Lipinski definition) is 4. The molecule has 1 unspecified atom stereocenters. The molecule has 0 saturated heterocycles. The number of anilines is 1. The van der Waals surface area contributed by atoms with Crippen molar-refractivity contribution in [3.63, 3.8) is 0 Å². The van der Waals surface area contributed by atoms with Crippen LogP contribution in [0.15, 0.2) is 48.5 Å². The highest BCUT2D eigenvalue weighted by atomic mass is 16.5. The van der Waals surface area contributed by atoms with Crippen LogP contribution in [-0.2, 0) is 10.2 Å². The first-order valence-corrected chi connectivity index (χ1v) is 9.37. The molecule has 0 aromatic heterocycles. The summed E-state index contributed by atoms with van der Waals surface area (Å²) in [6.07, 6.45) is -0.727. The molecule has 0 saturated carbocycles. The van der Waals surface area contributed by atoms with E-state index in [0.717, 1.165) is 5.56 Å². The van der Waals surface area contributed by atoms with E-state index in [1.807, 2.05) is 24.3 Å². The average Bonchev–Trinajstić information content (AvgIpc) is 2.66. The molecule has 150 valence electrons. The highest BCUT2D eigenvalue weighted by Crippen LogP contribution is 2.26. The van der Waals surface area contributed by atoms with Crippen molar-refractivity contribution in [1.29, 1.82) is 0 Å². The summed E-state index contributed by atoms with van der Waals surface area (Å²) < 4.78 is 5.82. The fourth-order valence-electron chi connectivity index (χ4n) is 2.60. The molecule has 2 aromatic carbocycles. The molecular formula is C22H29N3O3. The highest BCUT2D eigenvalue weighted by Gasteiger charge is 2.19. The number of benzene rings is 2. The molecular weight excluding hydrogens is 354 g/mol. The summed E-state index contributed by atoms with van der Waals surface area (Å²) in [5.41, 5.74) is 7.35. The second-order valence-corrected chi connectivity index (χ2v) is 7.62. The van der Waals surface area contributed by atoms with Crippen LogP contribution in [0.2, 0.25) is 0 Å². The Morgan fingerprint density at radius 1 is 1.11 bits per heavy atom. The molecule has 6 nitrogen and oxygen atoms in total. The summed E-state index contributed by atoms with van der Waals surface area (Å²) in [7, 11) is 0. The minimum atomic E-state index is -0.727. The van der Waals surface area contributed by atoms with Crippen molar-refractivity contribution >= 4 is 17.5 Å². The number of nitrogens with one attached hydrogen (secondary N) is 2. The van der Waals surface area contributed by atoms with E-state index in [2.05, 4.69) is 31.4 Å². The van der Waals surface area contributed by atoms with Gasteiger partial charge in [-0.1, -0.05) is 45.0 Å². The van der Waals surface area contributed by atoms with Crippen LogP contribution in [0.4, 0.5) is 5.69 Å². The van der Waals surface area contributed by atoms with Gasteiger partial charge in [-0.15, -0.1) is 0 Å². The largest absolute Gasteiger partial charge is 0.481 e. The number of nitrogens with two attached hydrogens (primary N) is 1. The maximum Gasteiger partial charge on any atom is 0.265 e. The maximum atomic E-state index is 12.6. The zero-order valence-electron chi connectivity index (χ0n) is 16.9. The first kappa shape index (κ1) is 21.4. The Hall–Kier alpha value is -2.86. The Morgan fingerprint density at radius 3 is 2.50 bits per heavy atom. The Labute approximate surface area is 166 Å². The van der Waals surface area contributed by atoms with Crippen molar-refractivity contribution in [1.82, 2.24) is 5.32 Å². The van der Waals surface area contributed by atoms with Crippen molar-refractivity contribution < 1.29 is 14.3 Å². The Bertz CT molecular complexity index is 828. The van der Waals surface area contributed by atoms with Crippen molar-refractivity contribution in [2.45, 2.75) is 39.2 Å². The lowest BCUT2D eigenvalue weighted by Gasteiger charge is -2.21. The molecule has 28 heavy (non-hydrogen) atoms. The molecule has 2 aromatic rings. The summed E-state index contributed by atoms with van der Waals surface area (Å²) in [6, 6.07) is 14.6. The molecule has 4 N–H and O–H groups in total. The quantitative estimate of drug-likeness (QED) is 0.685. The number of amides is 2. The van der Waals surface area contributed by atoms with Gasteiger partial charge in [-0.2, -0.15) is 0 Å². The molecule has 1 atom stereocenters. The lowest BCUT2D eigenvalue weighted by molar-refractivity contribution is -0.122. The fourth-order valence-corrected chi connectivity index (χ4v) is 2.60. The lowest BCUT2D eigenvalue weighted by atomic mass is 9.87. The predicted octanol–water partition coefficient (Wildman–Crippen LogP) is 3.08. The van der Waals surface area contributed by atoms with E-state index in [-0.39, 0.29) is 17.2 Å². The van der Waals surface area contributed by atoms with Gasteiger partial charge in [0, 0.05) is 13.1 Å². The standard InChI is InChI=1S/C22H29N3O3/c1-15(28-17-9-7-8-16(14-17)22(2,3)4)20(26)25-19-11-6-5-10-18(19)21(27)24-13-12-23/h5-11,14-15H,12-13,23H2,1-4H3,(H,24,27)(H,25,26). The number of ether oxygens (including phenoxy) is 1. The van der Waals surface area contributed by atoms with Gasteiger partial charge in [0.2, 0.25) is 0 Å². The number of para-hydroxylation sites is 1. The zero-order chi connectivity index (χ0) is 20.7. The van der Waals surface area contributed by atoms with E-state index in [1.165, 1.54) is 0 Å². The summed E-state index contributed by atoms with van der Waals surface area (Å²) in [6.45, 7) is 8.75. The minimum Gasteiger partial charge on any atom is -0.481 e. The third-order valence-electron chi connectivity index (χ3n) is 4.24. The monoisotopic (exact) mass is 383 g/mol. The first-order valence-electron chi connectivity index (χ1n) is 9.37. The van der Waals surface area contributed by atoms with E-state index in [0.29, 0.717) is 30.1 Å². The summed E-state index contributed by atoms with van der Waals surface area (Å²) in [4.78, 5) is 24.8. The second kappa shape index (κ2) is 9.37. The van der Waals surface area contributed by atoms with Crippen LogP contribution in [0, 0.1) is 0 Å².